The van der Waals surface area contributed by atoms with Gasteiger partial charge in [-0.2, -0.15) is 0 Å². The standard InChI is InChI=1S/C22H24N2O4/c1-22(2,3)23-20(26)13-24-19(15-6-5-7-17(10-15)28-4)11-14-8-9-16(25)12-18(14)21(24)27/h5-12,25H,13H2,1-4H3,(H,23,26). The molecule has 0 aliphatic carbocycles. The van der Waals surface area contributed by atoms with Crippen molar-refractivity contribution in [2.24, 2.45) is 0 Å². The molecule has 0 saturated carbocycles. The van der Waals surface area contributed by atoms with Crippen LogP contribution in [0.15, 0.2) is 53.3 Å². The van der Waals surface area contributed by atoms with Gasteiger partial charge in [0.2, 0.25) is 5.91 Å². The normalized spacial score (nSPS) is 11.4. The van der Waals surface area contributed by atoms with E-state index in [2.05, 4.69) is 5.32 Å². The summed E-state index contributed by atoms with van der Waals surface area (Å²) in [6.07, 6.45) is 0. The van der Waals surface area contributed by atoms with Crippen molar-refractivity contribution in [2.45, 2.75) is 32.9 Å². The van der Waals surface area contributed by atoms with Gasteiger partial charge < -0.3 is 15.2 Å². The Morgan fingerprint density at radius 3 is 2.57 bits per heavy atom. The number of rotatable bonds is 4. The molecule has 0 aliphatic rings. The molecule has 0 saturated heterocycles. The van der Waals surface area contributed by atoms with Crippen LogP contribution in [0.25, 0.3) is 22.0 Å². The van der Waals surface area contributed by atoms with Crippen LogP contribution in [0, 0.1) is 0 Å². The number of phenols is 1. The smallest absolute Gasteiger partial charge is 0.259 e. The molecule has 0 bridgehead atoms. The van der Waals surface area contributed by atoms with Crippen molar-refractivity contribution in [3.05, 3.63) is 58.9 Å². The first-order valence-corrected chi connectivity index (χ1v) is 9.00. The fraction of sp³-hybridized carbons (Fsp3) is 0.273. The van der Waals surface area contributed by atoms with E-state index in [9.17, 15) is 14.7 Å². The summed E-state index contributed by atoms with van der Waals surface area (Å²) in [5.41, 5.74) is 0.614. The second kappa shape index (κ2) is 7.38. The summed E-state index contributed by atoms with van der Waals surface area (Å²) in [5, 5.41) is 13.7. The van der Waals surface area contributed by atoms with Crippen LogP contribution in [0.1, 0.15) is 20.8 Å². The number of fused-ring (bicyclic) bond motifs is 1. The average molecular weight is 380 g/mol. The Bertz CT molecular complexity index is 1090. The SMILES string of the molecule is COc1cccc(-c2cc3ccc(O)cc3c(=O)n2CC(=O)NC(C)(C)C)c1. The van der Waals surface area contributed by atoms with Crippen molar-refractivity contribution in [2.75, 3.05) is 7.11 Å². The molecule has 2 N–H and O–H groups in total. The highest BCUT2D eigenvalue weighted by Gasteiger charge is 2.18. The molecule has 146 valence electrons. The first kappa shape index (κ1) is 19.5. The third kappa shape index (κ3) is 4.17. The third-order valence-electron chi connectivity index (χ3n) is 4.28. The Hall–Kier alpha value is -3.28. The van der Waals surface area contributed by atoms with Crippen LogP contribution in [0.3, 0.4) is 0 Å². The number of methoxy groups -OCH3 is 1. The number of benzene rings is 2. The Morgan fingerprint density at radius 1 is 1.14 bits per heavy atom. The Morgan fingerprint density at radius 2 is 1.89 bits per heavy atom. The number of ether oxygens (including phenoxy) is 1. The first-order valence-electron chi connectivity index (χ1n) is 9.00. The van der Waals surface area contributed by atoms with Crippen molar-refractivity contribution >= 4 is 16.7 Å². The van der Waals surface area contributed by atoms with Gasteiger partial charge in [-0.1, -0.05) is 18.2 Å². The molecular formula is C22H24N2O4. The van der Waals surface area contributed by atoms with Gasteiger partial charge in [-0.3, -0.25) is 14.2 Å². The van der Waals surface area contributed by atoms with E-state index in [0.717, 1.165) is 5.56 Å². The number of aromatic nitrogens is 1. The van der Waals surface area contributed by atoms with Gasteiger partial charge in [-0.15, -0.1) is 0 Å². The lowest BCUT2D eigenvalue weighted by Gasteiger charge is -2.22. The summed E-state index contributed by atoms with van der Waals surface area (Å²) >= 11 is 0. The van der Waals surface area contributed by atoms with Crippen LogP contribution in [0.2, 0.25) is 0 Å². The molecular weight excluding hydrogens is 356 g/mol. The van der Waals surface area contributed by atoms with E-state index in [0.29, 0.717) is 22.2 Å². The summed E-state index contributed by atoms with van der Waals surface area (Å²) < 4.78 is 6.73. The lowest BCUT2D eigenvalue weighted by Crippen LogP contribution is -2.43. The molecule has 6 nitrogen and oxygen atoms in total. The Kier molecular flexibility index (Phi) is 5.14. The molecule has 3 rings (SSSR count). The van der Waals surface area contributed by atoms with Crippen LogP contribution >= 0.6 is 0 Å². The van der Waals surface area contributed by atoms with E-state index < -0.39 is 5.54 Å². The van der Waals surface area contributed by atoms with Gasteiger partial charge in [0, 0.05) is 11.1 Å². The van der Waals surface area contributed by atoms with E-state index in [-0.39, 0.29) is 23.8 Å². The molecule has 0 spiro atoms. The van der Waals surface area contributed by atoms with Crippen LogP contribution in [0.5, 0.6) is 11.5 Å². The number of carbonyl (C=O) groups is 1. The van der Waals surface area contributed by atoms with Crippen LogP contribution < -0.4 is 15.6 Å². The number of nitrogens with zero attached hydrogens (tertiary/aromatic N) is 1. The fourth-order valence-electron chi connectivity index (χ4n) is 3.12. The second-order valence-corrected chi connectivity index (χ2v) is 7.72. The van der Waals surface area contributed by atoms with Crippen molar-refractivity contribution in [3.63, 3.8) is 0 Å². The number of pyridine rings is 1. The topological polar surface area (TPSA) is 80.6 Å². The molecule has 1 aromatic heterocycles. The molecule has 3 aromatic rings. The van der Waals surface area contributed by atoms with Crippen molar-refractivity contribution in [3.8, 4) is 22.8 Å². The van der Waals surface area contributed by atoms with E-state index in [1.807, 2.05) is 51.1 Å². The minimum atomic E-state index is -0.411. The first-order chi connectivity index (χ1) is 13.2. The van der Waals surface area contributed by atoms with Crippen LogP contribution in [-0.4, -0.2) is 28.2 Å². The van der Waals surface area contributed by atoms with Gasteiger partial charge >= 0.3 is 0 Å². The maximum absolute atomic E-state index is 13.2. The number of aromatic hydroxyl groups is 1. The van der Waals surface area contributed by atoms with Gasteiger partial charge in [0.1, 0.15) is 18.0 Å². The number of hydrogen-bond donors (Lipinski definition) is 2. The summed E-state index contributed by atoms with van der Waals surface area (Å²) in [5.74, 6) is 0.393. The lowest BCUT2D eigenvalue weighted by atomic mass is 10.1. The number of nitrogens with one attached hydrogen (secondary N) is 1. The monoisotopic (exact) mass is 380 g/mol. The zero-order chi connectivity index (χ0) is 20.5. The maximum atomic E-state index is 13.2. The molecule has 0 radical (unpaired) electrons. The zero-order valence-electron chi connectivity index (χ0n) is 16.4. The van der Waals surface area contributed by atoms with Gasteiger partial charge in [0.05, 0.1) is 18.2 Å². The van der Waals surface area contributed by atoms with Crippen LogP contribution in [0.4, 0.5) is 0 Å². The van der Waals surface area contributed by atoms with Gasteiger partial charge in [-0.05, 0) is 56.5 Å². The van der Waals surface area contributed by atoms with Gasteiger partial charge in [0.25, 0.3) is 5.56 Å². The van der Waals surface area contributed by atoms with E-state index in [1.165, 1.54) is 16.7 Å². The van der Waals surface area contributed by atoms with Gasteiger partial charge in [-0.25, -0.2) is 0 Å². The van der Waals surface area contributed by atoms with Crippen molar-refractivity contribution < 1.29 is 14.6 Å². The largest absolute Gasteiger partial charge is 0.508 e. The number of carbonyl (C=O) groups excluding carboxylic acids is 1. The van der Waals surface area contributed by atoms with Gasteiger partial charge in [0.15, 0.2) is 0 Å². The number of hydrogen-bond acceptors (Lipinski definition) is 4. The molecule has 1 amide bonds. The predicted molar refractivity (Wildman–Crippen MR) is 110 cm³/mol. The Balaban J connectivity index is 2.21. The fourth-order valence-corrected chi connectivity index (χ4v) is 3.12. The maximum Gasteiger partial charge on any atom is 0.259 e. The molecule has 1 heterocycles. The highest BCUT2D eigenvalue weighted by molar-refractivity contribution is 5.87. The molecule has 6 heteroatoms. The second-order valence-electron chi connectivity index (χ2n) is 7.72. The summed E-state index contributed by atoms with van der Waals surface area (Å²) in [4.78, 5) is 25.7. The number of phenolic OH excluding ortho intramolecular Hbond substituents is 1. The molecule has 0 unspecified atom stereocenters. The molecule has 2 aromatic carbocycles. The molecule has 0 aliphatic heterocycles. The summed E-state index contributed by atoms with van der Waals surface area (Å²) in [6, 6.07) is 13.8. The van der Waals surface area contributed by atoms with Crippen LogP contribution in [-0.2, 0) is 11.3 Å². The van der Waals surface area contributed by atoms with E-state index in [1.54, 1.807) is 13.2 Å². The molecule has 0 fully saturated rings. The third-order valence-corrected chi connectivity index (χ3v) is 4.28. The highest BCUT2D eigenvalue weighted by atomic mass is 16.5. The summed E-state index contributed by atoms with van der Waals surface area (Å²) in [6.45, 7) is 5.52. The van der Waals surface area contributed by atoms with Crippen molar-refractivity contribution in [1.29, 1.82) is 0 Å². The summed E-state index contributed by atoms with van der Waals surface area (Å²) in [7, 11) is 1.58. The predicted octanol–water partition coefficient (Wildman–Crippen LogP) is 3.30. The lowest BCUT2D eigenvalue weighted by molar-refractivity contribution is -0.123. The van der Waals surface area contributed by atoms with E-state index >= 15 is 0 Å². The zero-order valence-corrected chi connectivity index (χ0v) is 16.4. The minimum absolute atomic E-state index is 0.00410. The van der Waals surface area contributed by atoms with Crippen molar-refractivity contribution in [1.82, 2.24) is 9.88 Å². The average Bonchev–Trinajstić information content (AvgIpc) is 2.63. The minimum Gasteiger partial charge on any atom is -0.508 e. The number of amides is 1. The van der Waals surface area contributed by atoms with E-state index in [4.69, 9.17) is 4.74 Å². The quantitative estimate of drug-likeness (QED) is 0.728. The molecule has 0 atom stereocenters. The molecule has 28 heavy (non-hydrogen) atoms. The Labute approximate surface area is 163 Å². The highest BCUT2D eigenvalue weighted by Crippen LogP contribution is 2.27.